The van der Waals surface area contributed by atoms with E-state index in [1.165, 1.54) is 6.42 Å². The van der Waals surface area contributed by atoms with E-state index in [-0.39, 0.29) is 0 Å². The van der Waals surface area contributed by atoms with Gasteiger partial charge in [0.05, 0.1) is 0 Å². The SMILES string of the molecule is CC1C#CC(C(C)C)C(C)C1. The summed E-state index contributed by atoms with van der Waals surface area (Å²) in [5.41, 5.74) is 0. The van der Waals surface area contributed by atoms with Crippen molar-refractivity contribution in [1.82, 2.24) is 0 Å². The van der Waals surface area contributed by atoms with Gasteiger partial charge in [0.15, 0.2) is 0 Å². The topological polar surface area (TPSA) is 0 Å². The van der Waals surface area contributed by atoms with Crippen molar-refractivity contribution < 1.29 is 0 Å². The second-order valence-electron chi connectivity index (χ2n) is 4.17. The molecule has 62 valence electrons. The second-order valence-corrected chi connectivity index (χ2v) is 4.17. The van der Waals surface area contributed by atoms with Crippen molar-refractivity contribution >= 4 is 0 Å². The summed E-state index contributed by atoms with van der Waals surface area (Å²) < 4.78 is 0. The fraction of sp³-hybridized carbons (Fsp3) is 0.818. The smallest absolute Gasteiger partial charge is 0.0251 e. The molecule has 0 heterocycles. The number of rotatable bonds is 1. The molecule has 0 nitrogen and oxygen atoms in total. The predicted octanol–water partition coefficient (Wildman–Crippen LogP) is 2.94. The quantitative estimate of drug-likeness (QED) is 0.504. The Hall–Kier alpha value is -0.440. The van der Waals surface area contributed by atoms with Gasteiger partial charge in [0.1, 0.15) is 0 Å². The first-order chi connectivity index (χ1) is 5.11. The Morgan fingerprint density at radius 3 is 2.27 bits per heavy atom. The Bertz CT molecular complexity index is 180. The average Bonchev–Trinajstić information content (AvgIpc) is 1.85. The molecule has 1 rings (SSSR count). The molecule has 11 heavy (non-hydrogen) atoms. The lowest BCUT2D eigenvalue weighted by molar-refractivity contribution is 0.299. The predicted molar refractivity (Wildman–Crippen MR) is 49.0 cm³/mol. The minimum absolute atomic E-state index is 0.625. The minimum atomic E-state index is 0.625. The van der Waals surface area contributed by atoms with Crippen molar-refractivity contribution in [3.63, 3.8) is 0 Å². The highest BCUT2D eigenvalue weighted by atomic mass is 14.3. The van der Waals surface area contributed by atoms with Crippen molar-refractivity contribution in [3.05, 3.63) is 0 Å². The third-order valence-corrected chi connectivity index (χ3v) is 2.55. The molecule has 1 aliphatic rings. The van der Waals surface area contributed by atoms with Crippen molar-refractivity contribution in [2.75, 3.05) is 0 Å². The van der Waals surface area contributed by atoms with E-state index in [1.807, 2.05) is 0 Å². The molecule has 0 bridgehead atoms. The highest BCUT2D eigenvalue weighted by Crippen LogP contribution is 2.28. The molecule has 0 aromatic heterocycles. The van der Waals surface area contributed by atoms with Gasteiger partial charge in [-0.3, -0.25) is 0 Å². The number of hydrogen-bond acceptors (Lipinski definition) is 0. The molecule has 0 fully saturated rings. The van der Waals surface area contributed by atoms with Crippen molar-refractivity contribution in [2.45, 2.75) is 34.1 Å². The molecule has 0 saturated carbocycles. The van der Waals surface area contributed by atoms with Crippen molar-refractivity contribution in [2.24, 2.45) is 23.7 Å². The van der Waals surface area contributed by atoms with E-state index in [4.69, 9.17) is 0 Å². The van der Waals surface area contributed by atoms with Crippen molar-refractivity contribution in [1.29, 1.82) is 0 Å². The highest BCUT2D eigenvalue weighted by Gasteiger charge is 2.22. The van der Waals surface area contributed by atoms with Crippen LogP contribution >= 0.6 is 0 Å². The molecule has 0 aromatic rings. The van der Waals surface area contributed by atoms with Crippen molar-refractivity contribution in [3.8, 4) is 11.8 Å². The third-order valence-electron chi connectivity index (χ3n) is 2.55. The van der Waals surface area contributed by atoms with E-state index < -0.39 is 0 Å². The van der Waals surface area contributed by atoms with Crippen LogP contribution in [0.4, 0.5) is 0 Å². The van der Waals surface area contributed by atoms with Crippen LogP contribution in [0.3, 0.4) is 0 Å². The molecule has 3 atom stereocenters. The lowest BCUT2D eigenvalue weighted by Gasteiger charge is -2.27. The van der Waals surface area contributed by atoms with Gasteiger partial charge in [0.2, 0.25) is 0 Å². The highest BCUT2D eigenvalue weighted by molar-refractivity contribution is 5.12. The second kappa shape index (κ2) is 3.30. The number of hydrogen-bond donors (Lipinski definition) is 0. The van der Waals surface area contributed by atoms with E-state index in [9.17, 15) is 0 Å². The Kier molecular flexibility index (Phi) is 2.60. The fourth-order valence-corrected chi connectivity index (χ4v) is 1.97. The zero-order chi connectivity index (χ0) is 8.43. The van der Waals surface area contributed by atoms with E-state index in [0.717, 1.165) is 11.8 Å². The van der Waals surface area contributed by atoms with Crippen LogP contribution in [-0.2, 0) is 0 Å². The summed E-state index contributed by atoms with van der Waals surface area (Å²) in [6, 6.07) is 0. The lowest BCUT2D eigenvalue weighted by atomic mass is 9.77. The van der Waals surface area contributed by atoms with Crippen LogP contribution in [0.5, 0.6) is 0 Å². The van der Waals surface area contributed by atoms with E-state index in [0.29, 0.717) is 11.8 Å². The van der Waals surface area contributed by atoms with Gasteiger partial charge in [-0.1, -0.05) is 39.5 Å². The molecule has 0 aromatic carbocycles. The third kappa shape index (κ3) is 1.99. The van der Waals surface area contributed by atoms with Gasteiger partial charge >= 0.3 is 0 Å². The molecule has 0 heteroatoms. The van der Waals surface area contributed by atoms with E-state index in [2.05, 4.69) is 39.5 Å². The van der Waals surface area contributed by atoms with E-state index >= 15 is 0 Å². The molecular formula is C11H18. The molecule has 0 amide bonds. The van der Waals surface area contributed by atoms with Gasteiger partial charge < -0.3 is 0 Å². The normalized spacial score (nSPS) is 36.6. The Morgan fingerprint density at radius 2 is 1.82 bits per heavy atom. The minimum Gasteiger partial charge on any atom is -0.0999 e. The summed E-state index contributed by atoms with van der Waals surface area (Å²) >= 11 is 0. The van der Waals surface area contributed by atoms with Gasteiger partial charge in [0, 0.05) is 11.8 Å². The Labute approximate surface area is 70.4 Å². The maximum absolute atomic E-state index is 3.37. The van der Waals surface area contributed by atoms with Gasteiger partial charge in [0.25, 0.3) is 0 Å². The maximum Gasteiger partial charge on any atom is 0.0251 e. The van der Waals surface area contributed by atoms with Crippen LogP contribution in [0.2, 0.25) is 0 Å². The molecule has 0 spiro atoms. The summed E-state index contributed by atoms with van der Waals surface area (Å²) in [5, 5.41) is 0. The summed E-state index contributed by atoms with van der Waals surface area (Å²) in [4.78, 5) is 0. The van der Waals surface area contributed by atoms with Gasteiger partial charge in [-0.15, -0.1) is 0 Å². The van der Waals surface area contributed by atoms with Crippen LogP contribution in [-0.4, -0.2) is 0 Å². The molecular weight excluding hydrogens is 132 g/mol. The average molecular weight is 150 g/mol. The Morgan fingerprint density at radius 1 is 1.18 bits per heavy atom. The maximum atomic E-state index is 3.37. The summed E-state index contributed by atoms with van der Waals surface area (Å²) in [6.07, 6.45) is 1.29. The molecule has 3 unspecified atom stereocenters. The van der Waals surface area contributed by atoms with Gasteiger partial charge in [-0.25, -0.2) is 0 Å². The lowest BCUT2D eigenvalue weighted by Crippen LogP contribution is -2.21. The molecule has 0 aliphatic heterocycles. The zero-order valence-corrected chi connectivity index (χ0v) is 8.02. The largest absolute Gasteiger partial charge is 0.0999 e. The summed E-state index contributed by atoms with van der Waals surface area (Å²) in [6.45, 7) is 9.09. The first-order valence-corrected chi connectivity index (χ1v) is 4.62. The first-order valence-electron chi connectivity index (χ1n) is 4.62. The van der Waals surface area contributed by atoms with Gasteiger partial charge in [-0.05, 0) is 18.3 Å². The first kappa shape index (κ1) is 8.65. The standard InChI is InChI=1S/C11H18/c1-8(2)11-6-5-9(3)7-10(11)4/h8-11H,7H2,1-4H3. The molecule has 0 radical (unpaired) electrons. The van der Waals surface area contributed by atoms with Crippen LogP contribution in [0, 0.1) is 35.5 Å². The fourth-order valence-electron chi connectivity index (χ4n) is 1.97. The monoisotopic (exact) mass is 150 g/mol. The zero-order valence-electron chi connectivity index (χ0n) is 8.02. The van der Waals surface area contributed by atoms with Crippen LogP contribution in [0.1, 0.15) is 34.1 Å². The molecule has 0 saturated heterocycles. The van der Waals surface area contributed by atoms with Crippen LogP contribution in [0.25, 0.3) is 0 Å². The summed E-state index contributed by atoms with van der Waals surface area (Å²) in [5.74, 6) is 9.46. The molecule has 1 aliphatic carbocycles. The summed E-state index contributed by atoms with van der Waals surface area (Å²) in [7, 11) is 0. The molecule has 0 N–H and O–H groups in total. The Balaban J connectivity index is 2.67. The van der Waals surface area contributed by atoms with Gasteiger partial charge in [-0.2, -0.15) is 0 Å². The van der Waals surface area contributed by atoms with E-state index in [1.54, 1.807) is 0 Å². The van der Waals surface area contributed by atoms with Crippen LogP contribution in [0.15, 0.2) is 0 Å². The van der Waals surface area contributed by atoms with Crippen LogP contribution < -0.4 is 0 Å².